The molecule has 0 spiro atoms. The van der Waals surface area contributed by atoms with Crippen LogP contribution in [0.5, 0.6) is 5.75 Å². The average Bonchev–Trinajstić information content (AvgIpc) is 2.50. The molecule has 2 rings (SSSR count). The second-order valence-corrected chi connectivity index (χ2v) is 5.47. The first-order chi connectivity index (χ1) is 10.6. The third kappa shape index (κ3) is 4.49. The van der Waals surface area contributed by atoms with E-state index in [-0.39, 0.29) is 23.1 Å². The molecule has 2 aromatic rings. The van der Waals surface area contributed by atoms with Crippen LogP contribution in [0.1, 0.15) is 5.56 Å². The van der Waals surface area contributed by atoms with Crippen LogP contribution in [0.4, 0.5) is 11.4 Å². The Kier molecular flexibility index (Phi) is 5.37. The number of para-hydroxylation sites is 2. The zero-order valence-electron chi connectivity index (χ0n) is 11.6. The lowest BCUT2D eigenvalue weighted by Crippen LogP contribution is -2.14. The van der Waals surface area contributed by atoms with Gasteiger partial charge in [0.1, 0.15) is 5.75 Å². The third-order valence-corrected chi connectivity index (χ3v) is 3.83. The molecule has 0 heterocycles. The number of phenolic OH excluding ortho intramolecular Hbond substituents is 1. The molecule has 0 unspecified atom stereocenters. The van der Waals surface area contributed by atoms with Crippen LogP contribution < -0.4 is 5.32 Å². The predicted molar refractivity (Wildman–Crippen MR) is 86.0 cm³/mol. The number of carbonyl (C=O) groups excluding carboxylic acids is 1. The fraction of sp³-hybridized carbons (Fsp3) is 0.133. The van der Waals surface area contributed by atoms with Gasteiger partial charge in [-0.2, -0.15) is 0 Å². The lowest BCUT2D eigenvalue weighted by Gasteiger charge is -2.06. The molecule has 0 radical (unpaired) electrons. The number of amides is 1. The van der Waals surface area contributed by atoms with Gasteiger partial charge in [-0.05, 0) is 17.7 Å². The summed E-state index contributed by atoms with van der Waals surface area (Å²) in [6.07, 6.45) is 0. The van der Waals surface area contributed by atoms with E-state index in [0.717, 1.165) is 5.56 Å². The monoisotopic (exact) mass is 318 g/mol. The van der Waals surface area contributed by atoms with Crippen LogP contribution in [0.2, 0.25) is 0 Å². The fourth-order valence-corrected chi connectivity index (χ4v) is 2.53. The van der Waals surface area contributed by atoms with Crippen molar-refractivity contribution in [2.45, 2.75) is 5.75 Å². The number of rotatable bonds is 6. The first-order valence-corrected chi connectivity index (χ1v) is 7.60. The van der Waals surface area contributed by atoms with Crippen molar-refractivity contribution in [3.8, 4) is 5.75 Å². The van der Waals surface area contributed by atoms with Gasteiger partial charge in [0, 0.05) is 17.9 Å². The van der Waals surface area contributed by atoms with E-state index in [1.165, 1.54) is 30.0 Å². The van der Waals surface area contributed by atoms with Gasteiger partial charge in [0.15, 0.2) is 0 Å². The van der Waals surface area contributed by atoms with Crippen LogP contribution >= 0.6 is 11.8 Å². The molecular formula is C15H14N2O4S. The topological polar surface area (TPSA) is 92.5 Å². The van der Waals surface area contributed by atoms with Crippen LogP contribution in [0.15, 0.2) is 48.5 Å². The summed E-state index contributed by atoms with van der Waals surface area (Å²) >= 11 is 1.39. The maximum absolute atomic E-state index is 11.8. The predicted octanol–water partition coefficient (Wildman–Crippen LogP) is 3.17. The molecule has 0 aliphatic heterocycles. The molecule has 0 aromatic heterocycles. The average molecular weight is 318 g/mol. The number of benzene rings is 2. The minimum atomic E-state index is -0.448. The molecule has 0 fully saturated rings. The highest BCUT2D eigenvalue weighted by molar-refractivity contribution is 7.99. The number of nitrogens with one attached hydrogen (secondary N) is 1. The summed E-state index contributed by atoms with van der Waals surface area (Å²) in [5, 5.41) is 22.7. The summed E-state index contributed by atoms with van der Waals surface area (Å²) in [4.78, 5) is 21.9. The lowest BCUT2D eigenvalue weighted by atomic mass is 10.2. The highest BCUT2D eigenvalue weighted by Crippen LogP contribution is 2.22. The molecule has 0 saturated carbocycles. The Morgan fingerprint density at radius 3 is 2.50 bits per heavy atom. The van der Waals surface area contributed by atoms with Gasteiger partial charge < -0.3 is 10.4 Å². The van der Waals surface area contributed by atoms with Crippen molar-refractivity contribution >= 4 is 29.0 Å². The lowest BCUT2D eigenvalue weighted by molar-refractivity contribution is -0.384. The van der Waals surface area contributed by atoms with Crippen LogP contribution in [0, 0.1) is 10.1 Å². The van der Waals surface area contributed by atoms with Crippen LogP contribution in [-0.4, -0.2) is 21.7 Å². The van der Waals surface area contributed by atoms with E-state index >= 15 is 0 Å². The van der Waals surface area contributed by atoms with E-state index in [2.05, 4.69) is 5.32 Å². The SMILES string of the molecule is O=C(CSCc1ccc([N+](=O)[O-])cc1)Nc1ccccc1O. The number of hydrogen-bond donors (Lipinski definition) is 2. The van der Waals surface area contributed by atoms with E-state index in [1.807, 2.05) is 0 Å². The van der Waals surface area contributed by atoms with E-state index in [0.29, 0.717) is 11.4 Å². The van der Waals surface area contributed by atoms with Gasteiger partial charge in [-0.15, -0.1) is 11.8 Å². The summed E-state index contributed by atoms with van der Waals surface area (Å²) in [5.74, 6) is 0.613. The smallest absolute Gasteiger partial charge is 0.269 e. The van der Waals surface area contributed by atoms with E-state index < -0.39 is 4.92 Å². The highest BCUT2D eigenvalue weighted by atomic mass is 32.2. The molecule has 2 N–H and O–H groups in total. The molecule has 0 bridgehead atoms. The first kappa shape index (κ1) is 15.8. The third-order valence-electron chi connectivity index (χ3n) is 2.83. The number of anilines is 1. The Balaban J connectivity index is 1.79. The second kappa shape index (κ2) is 7.46. The number of carbonyl (C=O) groups is 1. The molecule has 2 aromatic carbocycles. The number of non-ortho nitro benzene ring substituents is 1. The standard InChI is InChI=1S/C15H14N2O4S/c18-14-4-2-1-3-13(14)16-15(19)10-22-9-11-5-7-12(8-6-11)17(20)21/h1-8,18H,9-10H2,(H,16,19). The number of thioether (sulfide) groups is 1. The van der Waals surface area contributed by atoms with Gasteiger partial charge in [-0.1, -0.05) is 24.3 Å². The quantitative estimate of drug-likeness (QED) is 0.485. The Morgan fingerprint density at radius 2 is 1.86 bits per heavy atom. The molecule has 22 heavy (non-hydrogen) atoms. The Hall–Kier alpha value is -2.54. The zero-order chi connectivity index (χ0) is 15.9. The van der Waals surface area contributed by atoms with Crippen molar-refractivity contribution in [3.05, 3.63) is 64.2 Å². The van der Waals surface area contributed by atoms with Crippen LogP contribution in [0.3, 0.4) is 0 Å². The number of aromatic hydroxyl groups is 1. The largest absolute Gasteiger partial charge is 0.506 e. The molecule has 0 aliphatic carbocycles. The number of nitro benzene ring substituents is 1. The van der Waals surface area contributed by atoms with E-state index in [1.54, 1.807) is 30.3 Å². The van der Waals surface area contributed by atoms with E-state index in [4.69, 9.17) is 0 Å². The number of nitrogens with zero attached hydrogens (tertiary/aromatic N) is 1. The normalized spacial score (nSPS) is 10.2. The summed E-state index contributed by atoms with van der Waals surface area (Å²) in [5.41, 5.74) is 1.33. The molecule has 0 atom stereocenters. The maximum Gasteiger partial charge on any atom is 0.269 e. The Morgan fingerprint density at radius 1 is 1.18 bits per heavy atom. The minimum Gasteiger partial charge on any atom is -0.506 e. The van der Waals surface area contributed by atoms with Gasteiger partial charge in [0.25, 0.3) is 5.69 Å². The van der Waals surface area contributed by atoms with Crippen molar-refractivity contribution in [1.29, 1.82) is 0 Å². The first-order valence-electron chi connectivity index (χ1n) is 6.45. The number of hydrogen-bond acceptors (Lipinski definition) is 5. The van der Waals surface area contributed by atoms with E-state index in [9.17, 15) is 20.0 Å². The highest BCUT2D eigenvalue weighted by Gasteiger charge is 2.07. The van der Waals surface area contributed by atoms with Gasteiger partial charge >= 0.3 is 0 Å². The molecule has 114 valence electrons. The molecule has 1 amide bonds. The number of nitro groups is 1. The summed E-state index contributed by atoms with van der Waals surface area (Å²) in [6, 6.07) is 12.7. The molecule has 0 saturated heterocycles. The molecule has 0 aliphatic rings. The molecular weight excluding hydrogens is 304 g/mol. The van der Waals surface area contributed by atoms with Gasteiger partial charge in [0.2, 0.25) is 5.91 Å². The Labute approximate surface area is 131 Å². The van der Waals surface area contributed by atoms with Gasteiger partial charge in [-0.25, -0.2) is 0 Å². The number of phenols is 1. The summed E-state index contributed by atoms with van der Waals surface area (Å²) < 4.78 is 0. The van der Waals surface area contributed by atoms with Crippen molar-refractivity contribution < 1.29 is 14.8 Å². The minimum absolute atomic E-state index is 0.0243. The van der Waals surface area contributed by atoms with Crippen molar-refractivity contribution in [1.82, 2.24) is 0 Å². The van der Waals surface area contributed by atoms with Crippen LogP contribution in [0.25, 0.3) is 0 Å². The Bertz CT molecular complexity index is 673. The molecule has 7 heteroatoms. The van der Waals surface area contributed by atoms with Crippen molar-refractivity contribution in [2.24, 2.45) is 0 Å². The van der Waals surface area contributed by atoms with Crippen LogP contribution in [-0.2, 0) is 10.5 Å². The van der Waals surface area contributed by atoms with Gasteiger partial charge in [0.05, 0.1) is 16.4 Å². The maximum atomic E-state index is 11.8. The summed E-state index contributed by atoms with van der Waals surface area (Å²) in [6.45, 7) is 0. The van der Waals surface area contributed by atoms with Crippen molar-refractivity contribution in [2.75, 3.05) is 11.1 Å². The summed E-state index contributed by atoms with van der Waals surface area (Å²) in [7, 11) is 0. The second-order valence-electron chi connectivity index (χ2n) is 4.48. The molecule has 6 nitrogen and oxygen atoms in total. The van der Waals surface area contributed by atoms with Gasteiger partial charge in [-0.3, -0.25) is 14.9 Å². The van der Waals surface area contributed by atoms with Crippen molar-refractivity contribution in [3.63, 3.8) is 0 Å². The fourth-order valence-electron chi connectivity index (χ4n) is 1.74. The zero-order valence-corrected chi connectivity index (χ0v) is 12.4.